The first-order valence-corrected chi connectivity index (χ1v) is 6.81. The minimum atomic E-state index is -0.548. The lowest BCUT2D eigenvalue weighted by atomic mass is 10.1. The van der Waals surface area contributed by atoms with E-state index in [-0.39, 0.29) is 12.5 Å². The highest BCUT2D eigenvalue weighted by Crippen LogP contribution is 2.13. The summed E-state index contributed by atoms with van der Waals surface area (Å²) in [7, 11) is 0. The summed E-state index contributed by atoms with van der Waals surface area (Å²) in [6, 6.07) is 15.9. The number of hydrogen-bond acceptors (Lipinski definition) is 2. The van der Waals surface area contributed by atoms with Crippen LogP contribution in [0.15, 0.2) is 54.6 Å². The van der Waals surface area contributed by atoms with Crippen molar-refractivity contribution in [3.8, 4) is 0 Å². The number of amides is 2. The summed E-state index contributed by atoms with van der Waals surface area (Å²) in [5.41, 5.74) is 6.63. The van der Waals surface area contributed by atoms with Gasteiger partial charge in [-0.25, -0.2) is 0 Å². The van der Waals surface area contributed by atoms with Gasteiger partial charge in [0.05, 0.1) is 6.54 Å². The number of primary amides is 1. The zero-order chi connectivity index (χ0) is 15.2. The molecule has 0 aliphatic carbocycles. The summed E-state index contributed by atoms with van der Waals surface area (Å²) in [6.07, 6.45) is 0. The highest BCUT2D eigenvalue weighted by molar-refractivity contribution is 6.30. The van der Waals surface area contributed by atoms with Crippen LogP contribution >= 0.6 is 11.6 Å². The first-order valence-electron chi connectivity index (χ1n) is 6.43. The van der Waals surface area contributed by atoms with Crippen LogP contribution in [0.4, 0.5) is 0 Å². The Morgan fingerprint density at radius 1 is 1.00 bits per heavy atom. The van der Waals surface area contributed by atoms with E-state index < -0.39 is 5.91 Å². The van der Waals surface area contributed by atoms with Crippen LogP contribution in [0.5, 0.6) is 0 Å². The number of nitrogens with zero attached hydrogens (tertiary/aromatic N) is 1. The third kappa shape index (κ3) is 4.33. The SMILES string of the molecule is NC(=O)CN(Cc1ccc(Cl)cc1)C(=O)c1ccccc1. The molecule has 2 N–H and O–H groups in total. The molecule has 2 aromatic rings. The van der Waals surface area contributed by atoms with Crippen LogP contribution < -0.4 is 5.73 Å². The molecule has 0 aliphatic rings. The van der Waals surface area contributed by atoms with Crippen LogP contribution in [0.25, 0.3) is 0 Å². The fourth-order valence-electron chi connectivity index (χ4n) is 1.96. The van der Waals surface area contributed by atoms with Crippen molar-refractivity contribution >= 4 is 23.4 Å². The molecule has 0 unspecified atom stereocenters. The van der Waals surface area contributed by atoms with Gasteiger partial charge in [0.25, 0.3) is 5.91 Å². The van der Waals surface area contributed by atoms with Crippen molar-refractivity contribution in [1.29, 1.82) is 0 Å². The topological polar surface area (TPSA) is 63.4 Å². The smallest absolute Gasteiger partial charge is 0.254 e. The molecule has 108 valence electrons. The molecule has 0 saturated heterocycles. The molecule has 2 aromatic carbocycles. The fourth-order valence-corrected chi connectivity index (χ4v) is 2.09. The van der Waals surface area contributed by atoms with Crippen molar-refractivity contribution < 1.29 is 9.59 Å². The lowest BCUT2D eigenvalue weighted by Crippen LogP contribution is -2.38. The second kappa shape index (κ2) is 6.90. The Labute approximate surface area is 128 Å². The van der Waals surface area contributed by atoms with E-state index >= 15 is 0 Å². The monoisotopic (exact) mass is 302 g/mol. The van der Waals surface area contributed by atoms with Gasteiger partial charge in [-0.3, -0.25) is 9.59 Å². The molecule has 0 fully saturated rings. The van der Waals surface area contributed by atoms with Crippen LogP contribution in [0.1, 0.15) is 15.9 Å². The summed E-state index contributed by atoms with van der Waals surface area (Å²) < 4.78 is 0. The normalized spacial score (nSPS) is 10.1. The maximum Gasteiger partial charge on any atom is 0.254 e. The number of halogens is 1. The molecule has 0 heterocycles. The predicted molar refractivity (Wildman–Crippen MR) is 81.8 cm³/mol. The Morgan fingerprint density at radius 2 is 1.62 bits per heavy atom. The average Bonchev–Trinajstić information content (AvgIpc) is 2.48. The quantitative estimate of drug-likeness (QED) is 0.922. The summed E-state index contributed by atoms with van der Waals surface area (Å²) >= 11 is 5.84. The Bertz CT molecular complexity index is 626. The molecule has 5 heteroatoms. The van der Waals surface area contributed by atoms with Crippen LogP contribution in [0, 0.1) is 0 Å². The van der Waals surface area contributed by atoms with E-state index in [2.05, 4.69) is 0 Å². The number of nitrogens with two attached hydrogens (primary N) is 1. The molecule has 0 spiro atoms. The zero-order valence-electron chi connectivity index (χ0n) is 11.3. The van der Waals surface area contributed by atoms with E-state index in [0.29, 0.717) is 17.1 Å². The highest BCUT2D eigenvalue weighted by Gasteiger charge is 2.17. The number of carbonyl (C=O) groups is 2. The Kier molecular flexibility index (Phi) is 4.95. The number of rotatable bonds is 5. The molecule has 4 nitrogen and oxygen atoms in total. The first kappa shape index (κ1) is 15.1. The van der Waals surface area contributed by atoms with Gasteiger partial charge in [-0.05, 0) is 29.8 Å². The lowest BCUT2D eigenvalue weighted by molar-refractivity contribution is -0.118. The number of hydrogen-bond donors (Lipinski definition) is 1. The van der Waals surface area contributed by atoms with E-state index in [9.17, 15) is 9.59 Å². The summed E-state index contributed by atoms with van der Waals surface area (Å²) in [4.78, 5) is 25.1. The van der Waals surface area contributed by atoms with Gasteiger partial charge in [-0.1, -0.05) is 41.9 Å². The summed E-state index contributed by atoms with van der Waals surface area (Å²) in [5, 5.41) is 0.620. The van der Waals surface area contributed by atoms with E-state index in [0.717, 1.165) is 5.56 Å². The minimum absolute atomic E-state index is 0.129. The number of benzene rings is 2. The largest absolute Gasteiger partial charge is 0.368 e. The molecule has 21 heavy (non-hydrogen) atoms. The van der Waals surface area contributed by atoms with Crippen molar-refractivity contribution in [2.24, 2.45) is 5.73 Å². The van der Waals surface area contributed by atoms with E-state index in [1.54, 1.807) is 36.4 Å². The van der Waals surface area contributed by atoms with Crippen molar-refractivity contribution in [3.05, 3.63) is 70.7 Å². The molecule has 0 aromatic heterocycles. The van der Waals surface area contributed by atoms with Gasteiger partial charge in [0.1, 0.15) is 0 Å². The zero-order valence-corrected chi connectivity index (χ0v) is 12.1. The van der Waals surface area contributed by atoms with Gasteiger partial charge in [-0.2, -0.15) is 0 Å². The van der Waals surface area contributed by atoms with E-state index in [4.69, 9.17) is 17.3 Å². The second-order valence-corrected chi connectivity index (χ2v) is 5.06. The Balaban J connectivity index is 2.20. The second-order valence-electron chi connectivity index (χ2n) is 4.62. The van der Waals surface area contributed by atoms with Gasteiger partial charge in [-0.15, -0.1) is 0 Å². The molecular weight excluding hydrogens is 288 g/mol. The van der Waals surface area contributed by atoms with Crippen molar-refractivity contribution in [2.45, 2.75) is 6.54 Å². The standard InChI is InChI=1S/C16H15ClN2O2/c17-14-8-6-12(7-9-14)10-19(11-15(18)20)16(21)13-4-2-1-3-5-13/h1-9H,10-11H2,(H2,18,20). The molecule has 0 saturated carbocycles. The molecule has 0 aliphatic heterocycles. The van der Waals surface area contributed by atoms with Crippen LogP contribution in [0.2, 0.25) is 5.02 Å². The van der Waals surface area contributed by atoms with Crippen molar-refractivity contribution in [2.75, 3.05) is 6.54 Å². The third-order valence-corrected chi connectivity index (χ3v) is 3.19. The first-order chi connectivity index (χ1) is 10.1. The van der Waals surface area contributed by atoms with E-state index in [1.807, 2.05) is 18.2 Å². The Hall–Kier alpha value is -2.33. The molecule has 0 atom stereocenters. The average molecular weight is 303 g/mol. The van der Waals surface area contributed by atoms with Crippen LogP contribution in [-0.4, -0.2) is 23.3 Å². The van der Waals surface area contributed by atoms with Crippen molar-refractivity contribution in [3.63, 3.8) is 0 Å². The molecule has 0 bridgehead atoms. The highest BCUT2D eigenvalue weighted by atomic mass is 35.5. The van der Waals surface area contributed by atoms with Gasteiger partial charge < -0.3 is 10.6 Å². The van der Waals surface area contributed by atoms with Crippen molar-refractivity contribution in [1.82, 2.24) is 4.90 Å². The molecule has 2 rings (SSSR count). The van der Waals surface area contributed by atoms with Gasteiger partial charge in [0.15, 0.2) is 0 Å². The number of carbonyl (C=O) groups excluding carboxylic acids is 2. The molecule has 0 radical (unpaired) electrons. The van der Waals surface area contributed by atoms with Crippen LogP contribution in [0.3, 0.4) is 0 Å². The van der Waals surface area contributed by atoms with Gasteiger partial charge in [0.2, 0.25) is 5.91 Å². The Morgan fingerprint density at radius 3 is 2.19 bits per heavy atom. The van der Waals surface area contributed by atoms with Gasteiger partial charge in [0, 0.05) is 17.1 Å². The third-order valence-electron chi connectivity index (χ3n) is 2.94. The maximum atomic E-state index is 12.4. The van der Waals surface area contributed by atoms with E-state index in [1.165, 1.54) is 4.90 Å². The summed E-state index contributed by atoms with van der Waals surface area (Å²) in [5.74, 6) is -0.780. The minimum Gasteiger partial charge on any atom is -0.368 e. The fraction of sp³-hybridized carbons (Fsp3) is 0.125. The van der Waals surface area contributed by atoms with Gasteiger partial charge >= 0.3 is 0 Å². The lowest BCUT2D eigenvalue weighted by Gasteiger charge is -2.21. The van der Waals surface area contributed by atoms with Crippen LogP contribution in [-0.2, 0) is 11.3 Å². The molecular formula is C16H15ClN2O2. The predicted octanol–water partition coefficient (Wildman–Crippen LogP) is 2.47. The molecule has 2 amide bonds. The summed E-state index contributed by atoms with van der Waals surface area (Å²) in [6.45, 7) is 0.171. The maximum absolute atomic E-state index is 12.4.